The summed E-state index contributed by atoms with van der Waals surface area (Å²) in [5.41, 5.74) is 0.956. The van der Waals surface area contributed by atoms with E-state index in [1.807, 2.05) is 7.05 Å². The maximum Gasteiger partial charge on any atom is 0.274 e. The van der Waals surface area contributed by atoms with Gasteiger partial charge in [-0.3, -0.25) is 19.7 Å². The lowest BCUT2D eigenvalue weighted by molar-refractivity contribution is -0.384. The molecule has 2 heterocycles. The van der Waals surface area contributed by atoms with E-state index in [2.05, 4.69) is 12.0 Å². The third-order valence-electron chi connectivity index (χ3n) is 5.49. The number of hydrogen-bond acceptors (Lipinski definition) is 5. The van der Waals surface area contributed by atoms with Crippen LogP contribution in [0.3, 0.4) is 0 Å². The normalized spacial score (nSPS) is 14.5. The lowest BCUT2D eigenvalue weighted by Crippen LogP contribution is -2.43. The zero-order valence-corrected chi connectivity index (χ0v) is 17.4. The molecule has 1 aromatic heterocycles. The van der Waals surface area contributed by atoms with E-state index in [1.165, 1.54) is 16.8 Å². The summed E-state index contributed by atoms with van der Waals surface area (Å²) in [7, 11) is 1.85. The molecule has 0 spiro atoms. The van der Waals surface area contributed by atoms with Gasteiger partial charge in [-0.15, -0.1) is 0 Å². The Bertz CT molecular complexity index is 900. The van der Waals surface area contributed by atoms with Crippen LogP contribution in [0.25, 0.3) is 5.69 Å². The fourth-order valence-corrected chi connectivity index (χ4v) is 3.62. The third kappa shape index (κ3) is 4.84. The average Bonchev–Trinajstić information content (AvgIpc) is 3.27. The summed E-state index contributed by atoms with van der Waals surface area (Å²) in [6.07, 6.45) is 5.02. The smallest absolute Gasteiger partial charge is 0.274 e. The number of benzene rings is 1. The van der Waals surface area contributed by atoms with Gasteiger partial charge in [-0.1, -0.05) is 13.3 Å². The molecule has 0 bridgehead atoms. The molecule has 1 saturated heterocycles. The first-order chi connectivity index (χ1) is 14.4. The molecule has 1 aromatic carbocycles. The molecule has 1 aliphatic rings. The quantitative estimate of drug-likeness (QED) is 0.513. The Morgan fingerprint density at radius 2 is 1.87 bits per heavy atom. The van der Waals surface area contributed by atoms with Gasteiger partial charge in [0.2, 0.25) is 5.91 Å². The van der Waals surface area contributed by atoms with Gasteiger partial charge < -0.3 is 9.80 Å². The van der Waals surface area contributed by atoms with Gasteiger partial charge in [-0.05, 0) is 37.5 Å². The molecule has 2 amide bonds. The second-order valence-corrected chi connectivity index (χ2v) is 7.60. The van der Waals surface area contributed by atoms with Crippen LogP contribution >= 0.6 is 0 Å². The maximum atomic E-state index is 12.8. The molecule has 0 N–H and O–H groups in total. The van der Waals surface area contributed by atoms with Gasteiger partial charge in [0.05, 0.1) is 10.6 Å². The summed E-state index contributed by atoms with van der Waals surface area (Å²) in [6.45, 7) is 3.93. The molecule has 30 heavy (non-hydrogen) atoms. The molecule has 1 aliphatic heterocycles. The highest BCUT2D eigenvalue weighted by Gasteiger charge is 2.30. The molecule has 9 heteroatoms. The minimum atomic E-state index is -0.461. The number of piperidine rings is 1. The summed E-state index contributed by atoms with van der Waals surface area (Å²) in [6, 6.07) is 7.62. The first-order valence-corrected chi connectivity index (χ1v) is 10.3. The van der Waals surface area contributed by atoms with Crippen molar-refractivity contribution in [1.82, 2.24) is 19.6 Å². The van der Waals surface area contributed by atoms with Crippen LogP contribution in [0.2, 0.25) is 0 Å². The van der Waals surface area contributed by atoms with Crippen molar-refractivity contribution in [2.45, 2.75) is 32.6 Å². The van der Waals surface area contributed by atoms with Crippen molar-refractivity contribution < 1.29 is 14.5 Å². The predicted molar refractivity (Wildman–Crippen MR) is 111 cm³/mol. The summed E-state index contributed by atoms with van der Waals surface area (Å²) in [5, 5.41) is 15.1. The van der Waals surface area contributed by atoms with Crippen molar-refractivity contribution >= 4 is 17.5 Å². The van der Waals surface area contributed by atoms with Crippen molar-refractivity contribution in [3.05, 3.63) is 52.3 Å². The van der Waals surface area contributed by atoms with Gasteiger partial charge in [0, 0.05) is 50.9 Å². The molecule has 2 aromatic rings. The zero-order chi connectivity index (χ0) is 21.7. The number of aromatic nitrogens is 2. The number of unbranched alkanes of at least 4 members (excludes halogenated alkanes) is 1. The Morgan fingerprint density at radius 3 is 2.47 bits per heavy atom. The van der Waals surface area contributed by atoms with E-state index >= 15 is 0 Å². The Labute approximate surface area is 175 Å². The number of hydrogen-bond donors (Lipinski definition) is 0. The number of nitro groups is 1. The van der Waals surface area contributed by atoms with Crippen LogP contribution in [0.5, 0.6) is 0 Å². The highest BCUT2D eigenvalue weighted by atomic mass is 16.6. The summed E-state index contributed by atoms with van der Waals surface area (Å²) < 4.78 is 1.52. The standard InChI is InChI=1S/C21H27N5O4/c1-3-4-12-23(2)20(27)16-9-13-24(14-10-16)21(28)19-11-15-25(22-19)17-5-7-18(8-6-17)26(29)30/h5-8,11,15-16H,3-4,9-10,12-14H2,1-2H3. The predicted octanol–water partition coefficient (Wildman–Crippen LogP) is 2.89. The Kier molecular flexibility index (Phi) is 6.81. The molecule has 0 unspecified atom stereocenters. The van der Waals surface area contributed by atoms with Crippen LogP contribution in [0.15, 0.2) is 36.5 Å². The largest absolute Gasteiger partial charge is 0.346 e. The van der Waals surface area contributed by atoms with Crippen LogP contribution in [0, 0.1) is 16.0 Å². The highest BCUT2D eigenvalue weighted by molar-refractivity contribution is 5.92. The minimum Gasteiger partial charge on any atom is -0.346 e. The van der Waals surface area contributed by atoms with Gasteiger partial charge in [0.25, 0.3) is 11.6 Å². The second kappa shape index (κ2) is 9.51. The highest BCUT2D eigenvalue weighted by Crippen LogP contribution is 2.21. The van der Waals surface area contributed by atoms with E-state index in [0.717, 1.165) is 19.4 Å². The van der Waals surface area contributed by atoms with E-state index in [-0.39, 0.29) is 23.4 Å². The number of nitrogens with zero attached hydrogens (tertiary/aromatic N) is 5. The number of amides is 2. The second-order valence-electron chi connectivity index (χ2n) is 7.60. The van der Waals surface area contributed by atoms with Gasteiger partial charge in [0.1, 0.15) is 0 Å². The topological polar surface area (TPSA) is 102 Å². The number of likely N-dealkylation sites (tertiary alicyclic amines) is 1. The summed E-state index contributed by atoms with van der Waals surface area (Å²) in [4.78, 5) is 39.2. The molecule has 0 aliphatic carbocycles. The molecule has 0 atom stereocenters. The third-order valence-corrected chi connectivity index (χ3v) is 5.49. The van der Waals surface area contributed by atoms with Crippen LogP contribution in [-0.2, 0) is 4.79 Å². The first-order valence-electron chi connectivity index (χ1n) is 10.3. The molecule has 3 rings (SSSR count). The number of nitro benzene ring substituents is 1. The Hall–Kier alpha value is -3.23. The summed E-state index contributed by atoms with van der Waals surface area (Å²) in [5.74, 6) is -0.0348. The van der Waals surface area contributed by atoms with Gasteiger partial charge >= 0.3 is 0 Å². The van der Waals surface area contributed by atoms with Crippen molar-refractivity contribution in [2.75, 3.05) is 26.7 Å². The molecule has 0 saturated carbocycles. The lowest BCUT2D eigenvalue weighted by atomic mass is 9.95. The van der Waals surface area contributed by atoms with E-state index in [1.54, 1.807) is 34.2 Å². The number of carbonyl (C=O) groups excluding carboxylic acids is 2. The van der Waals surface area contributed by atoms with Crippen molar-refractivity contribution in [1.29, 1.82) is 0 Å². The SMILES string of the molecule is CCCCN(C)C(=O)C1CCN(C(=O)c2ccn(-c3ccc([N+](=O)[O-])cc3)n2)CC1. The molecule has 0 radical (unpaired) electrons. The zero-order valence-electron chi connectivity index (χ0n) is 17.4. The number of rotatable bonds is 7. The molecule has 1 fully saturated rings. The lowest BCUT2D eigenvalue weighted by Gasteiger charge is -2.32. The van der Waals surface area contributed by atoms with Crippen molar-refractivity contribution in [2.24, 2.45) is 5.92 Å². The Balaban J connectivity index is 1.58. The first kappa shape index (κ1) is 21.5. The maximum absolute atomic E-state index is 12.8. The van der Waals surface area contributed by atoms with Gasteiger partial charge in [-0.25, -0.2) is 4.68 Å². The van der Waals surface area contributed by atoms with Crippen LogP contribution in [-0.4, -0.2) is 63.0 Å². The fourth-order valence-electron chi connectivity index (χ4n) is 3.62. The Morgan fingerprint density at radius 1 is 1.20 bits per heavy atom. The van der Waals surface area contributed by atoms with E-state index < -0.39 is 4.92 Å². The molecular weight excluding hydrogens is 386 g/mol. The number of non-ortho nitro benzene ring substituents is 1. The summed E-state index contributed by atoms with van der Waals surface area (Å²) >= 11 is 0. The van der Waals surface area contributed by atoms with Crippen molar-refractivity contribution in [3.63, 3.8) is 0 Å². The molecule has 160 valence electrons. The molecular formula is C21H27N5O4. The number of carbonyl (C=O) groups is 2. The van der Waals surface area contributed by atoms with E-state index in [0.29, 0.717) is 37.3 Å². The molecule has 9 nitrogen and oxygen atoms in total. The van der Waals surface area contributed by atoms with Crippen LogP contribution in [0.4, 0.5) is 5.69 Å². The fraction of sp³-hybridized carbons (Fsp3) is 0.476. The van der Waals surface area contributed by atoms with E-state index in [4.69, 9.17) is 0 Å². The van der Waals surface area contributed by atoms with Crippen LogP contribution in [0.1, 0.15) is 43.1 Å². The van der Waals surface area contributed by atoms with Crippen LogP contribution < -0.4 is 0 Å². The average molecular weight is 413 g/mol. The van der Waals surface area contributed by atoms with Gasteiger partial charge in [-0.2, -0.15) is 5.10 Å². The van der Waals surface area contributed by atoms with E-state index in [9.17, 15) is 19.7 Å². The van der Waals surface area contributed by atoms with Crippen molar-refractivity contribution in [3.8, 4) is 5.69 Å². The monoisotopic (exact) mass is 413 g/mol. The minimum absolute atomic E-state index is 0.0000342. The van der Waals surface area contributed by atoms with Gasteiger partial charge in [0.15, 0.2) is 5.69 Å².